The molecular weight excluding hydrogens is 458 g/mol. The predicted molar refractivity (Wildman–Crippen MR) is 123 cm³/mol. The highest BCUT2D eigenvalue weighted by atomic mass is 35.5. The molecule has 5 nitrogen and oxygen atoms in total. The topological polar surface area (TPSA) is 35.2 Å². The summed E-state index contributed by atoms with van der Waals surface area (Å²) in [5.41, 5.74) is 1.38. The third-order valence-electron chi connectivity index (χ3n) is 5.30. The van der Waals surface area contributed by atoms with Crippen molar-refractivity contribution in [1.29, 1.82) is 0 Å². The Balaban J connectivity index is 1.62. The first kappa shape index (κ1) is 22.4. The maximum Gasteiger partial charge on any atom is 0.199 e. The largest absolute Gasteiger partial charge is 0.376 e. The number of hydrogen-bond donors (Lipinski definition) is 0. The van der Waals surface area contributed by atoms with E-state index in [1.165, 1.54) is 6.07 Å². The van der Waals surface area contributed by atoms with Crippen LogP contribution in [0.15, 0.2) is 42.5 Å². The summed E-state index contributed by atoms with van der Waals surface area (Å²) in [5, 5.41) is 5.85. The lowest BCUT2D eigenvalue weighted by Crippen LogP contribution is -2.23. The second kappa shape index (κ2) is 9.79. The second-order valence-electron chi connectivity index (χ2n) is 7.71. The van der Waals surface area contributed by atoms with E-state index in [4.69, 9.17) is 45.3 Å². The van der Waals surface area contributed by atoms with E-state index in [0.29, 0.717) is 40.1 Å². The van der Waals surface area contributed by atoms with E-state index < -0.39 is 0 Å². The van der Waals surface area contributed by atoms with Gasteiger partial charge >= 0.3 is 0 Å². The lowest BCUT2D eigenvalue weighted by molar-refractivity contribution is 0.0967. The number of hydrogen-bond acceptors (Lipinski definition) is 4. The summed E-state index contributed by atoms with van der Waals surface area (Å²) in [5.74, 6) is 0.434. The molecule has 9 heteroatoms. The van der Waals surface area contributed by atoms with Crippen LogP contribution in [0.25, 0.3) is 11.4 Å². The SMILES string of the molecule is CN(Cc1c(F)cccc1Cl)Cn1nc(-c2ccc(Cl)cc2)n(CC2CCCO2)c1=S. The highest BCUT2D eigenvalue weighted by Gasteiger charge is 2.21. The van der Waals surface area contributed by atoms with Crippen LogP contribution in [0.2, 0.25) is 10.0 Å². The summed E-state index contributed by atoms with van der Waals surface area (Å²) in [6.45, 7) is 2.14. The second-order valence-corrected chi connectivity index (χ2v) is 8.92. The maximum absolute atomic E-state index is 14.2. The van der Waals surface area contributed by atoms with Crippen molar-refractivity contribution in [2.24, 2.45) is 0 Å². The first-order valence-corrected chi connectivity index (χ1v) is 11.3. The molecule has 0 radical (unpaired) electrons. The Morgan fingerprint density at radius 1 is 1.23 bits per heavy atom. The Morgan fingerprint density at radius 2 is 2.00 bits per heavy atom. The van der Waals surface area contributed by atoms with Crippen molar-refractivity contribution in [3.05, 3.63) is 68.7 Å². The smallest absolute Gasteiger partial charge is 0.199 e. The summed E-state index contributed by atoms with van der Waals surface area (Å²) in [4.78, 5) is 1.93. The van der Waals surface area contributed by atoms with Crippen LogP contribution in [0.4, 0.5) is 4.39 Å². The quantitative estimate of drug-likeness (QED) is 0.400. The van der Waals surface area contributed by atoms with E-state index in [0.717, 1.165) is 30.8 Å². The van der Waals surface area contributed by atoms with Crippen molar-refractivity contribution < 1.29 is 9.13 Å². The van der Waals surface area contributed by atoms with Crippen LogP contribution in [0.1, 0.15) is 18.4 Å². The van der Waals surface area contributed by atoms with Gasteiger partial charge in [-0.2, -0.15) is 5.10 Å². The molecule has 0 amide bonds. The van der Waals surface area contributed by atoms with Gasteiger partial charge in [-0.05, 0) is 68.5 Å². The number of rotatable bonds is 7. The number of halogens is 3. The summed E-state index contributed by atoms with van der Waals surface area (Å²) in [6.07, 6.45) is 2.16. The van der Waals surface area contributed by atoms with Gasteiger partial charge in [-0.25, -0.2) is 9.07 Å². The fourth-order valence-corrected chi connectivity index (χ4v) is 4.34. The molecule has 164 valence electrons. The zero-order chi connectivity index (χ0) is 22.0. The molecular formula is C22H23Cl2FN4OS. The third kappa shape index (κ3) is 5.18. The van der Waals surface area contributed by atoms with Crippen molar-refractivity contribution in [3.63, 3.8) is 0 Å². The van der Waals surface area contributed by atoms with Gasteiger partial charge < -0.3 is 4.74 Å². The highest BCUT2D eigenvalue weighted by Crippen LogP contribution is 2.24. The lowest BCUT2D eigenvalue weighted by atomic mass is 10.2. The standard InChI is InChI=1S/C22H23Cl2FN4OS/c1-27(13-18-19(24)5-2-6-20(18)25)14-29-22(31)28(12-17-4-3-11-30-17)21(26-29)15-7-9-16(23)10-8-15/h2,5-10,17H,3-4,11-14H2,1H3. The van der Waals surface area contributed by atoms with Gasteiger partial charge in [0.25, 0.3) is 0 Å². The molecule has 1 aromatic heterocycles. The minimum atomic E-state index is -0.325. The molecule has 2 heterocycles. The minimum Gasteiger partial charge on any atom is -0.376 e. The highest BCUT2D eigenvalue weighted by molar-refractivity contribution is 7.71. The number of nitrogens with zero attached hydrogens (tertiary/aromatic N) is 4. The first-order valence-electron chi connectivity index (χ1n) is 10.1. The zero-order valence-corrected chi connectivity index (χ0v) is 19.4. The average Bonchev–Trinajstić information content (AvgIpc) is 3.36. The van der Waals surface area contributed by atoms with E-state index in [2.05, 4.69) is 0 Å². The van der Waals surface area contributed by atoms with Crippen molar-refractivity contribution in [2.75, 3.05) is 13.7 Å². The number of aromatic nitrogens is 3. The van der Waals surface area contributed by atoms with Crippen LogP contribution in [0.5, 0.6) is 0 Å². The molecule has 0 N–H and O–H groups in total. The Kier molecular flexibility index (Phi) is 7.08. The maximum atomic E-state index is 14.2. The molecule has 31 heavy (non-hydrogen) atoms. The van der Waals surface area contributed by atoms with E-state index in [9.17, 15) is 4.39 Å². The van der Waals surface area contributed by atoms with Crippen LogP contribution >= 0.6 is 35.4 Å². The third-order valence-corrected chi connectivity index (χ3v) is 6.34. The van der Waals surface area contributed by atoms with Gasteiger partial charge in [0.05, 0.1) is 19.3 Å². The number of benzene rings is 2. The Hall–Kier alpha value is -1.77. The summed E-state index contributed by atoms with van der Waals surface area (Å²) >= 11 is 18.0. The lowest BCUT2D eigenvalue weighted by Gasteiger charge is -2.17. The van der Waals surface area contributed by atoms with Crippen molar-refractivity contribution in [2.45, 2.75) is 38.7 Å². The van der Waals surface area contributed by atoms with Crippen LogP contribution in [-0.4, -0.2) is 39.0 Å². The van der Waals surface area contributed by atoms with E-state index in [1.807, 2.05) is 40.8 Å². The predicted octanol–water partition coefficient (Wildman–Crippen LogP) is 5.80. The van der Waals surface area contributed by atoms with Crippen molar-refractivity contribution >= 4 is 35.4 Å². The molecule has 0 spiro atoms. The molecule has 1 aliphatic rings. The fraction of sp³-hybridized carbons (Fsp3) is 0.364. The molecule has 4 rings (SSSR count). The Morgan fingerprint density at radius 3 is 2.68 bits per heavy atom. The molecule has 1 saturated heterocycles. The molecule has 3 aromatic rings. The summed E-state index contributed by atoms with van der Waals surface area (Å²) < 4.78 is 24.4. The minimum absolute atomic E-state index is 0.116. The summed E-state index contributed by atoms with van der Waals surface area (Å²) in [6, 6.07) is 12.2. The molecule has 1 atom stereocenters. The van der Waals surface area contributed by atoms with Crippen LogP contribution in [0.3, 0.4) is 0 Å². The molecule has 0 bridgehead atoms. The van der Waals surface area contributed by atoms with Crippen LogP contribution in [0, 0.1) is 10.6 Å². The number of ether oxygens (including phenoxy) is 1. The van der Waals surface area contributed by atoms with Gasteiger partial charge in [0.15, 0.2) is 10.6 Å². The van der Waals surface area contributed by atoms with Gasteiger partial charge in [-0.3, -0.25) is 9.47 Å². The first-order chi connectivity index (χ1) is 14.9. The van der Waals surface area contributed by atoms with Gasteiger partial charge in [-0.1, -0.05) is 29.3 Å². The van der Waals surface area contributed by atoms with Gasteiger partial charge in [0, 0.05) is 34.3 Å². The Labute approximate surface area is 196 Å². The van der Waals surface area contributed by atoms with E-state index >= 15 is 0 Å². The average molecular weight is 481 g/mol. The van der Waals surface area contributed by atoms with Crippen molar-refractivity contribution in [3.8, 4) is 11.4 Å². The molecule has 1 fully saturated rings. The van der Waals surface area contributed by atoms with Gasteiger partial charge in [0.2, 0.25) is 0 Å². The molecule has 2 aromatic carbocycles. The van der Waals surface area contributed by atoms with Gasteiger partial charge in [-0.15, -0.1) is 0 Å². The normalized spacial score (nSPS) is 16.4. The summed E-state index contributed by atoms with van der Waals surface area (Å²) in [7, 11) is 1.88. The molecule has 1 aliphatic heterocycles. The molecule has 1 unspecified atom stereocenters. The van der Waals surface area contributed by atoms with Crippen molar-refractivity contribution in [1.82, 2.24) is 19.2 Å². The van der Waals surface area contributed by atoms with Gasteiger partial charge in [0.1, 0.15) is 5.82 Å². The molecule has 0 aliphatic carbocycles. The van der Waals surface area contributed by atoms with Crippen LogP contribution in [-0.2, 0) is 24.5 Å². The monoisotopic (exact) mass is 480 g/mol. The van der Waals surface area contributed by atoms with E-state index in [1.54, 1.807) is 16.8 Å². The van der Waals surface area contributed by atoms with Crippen LogP contribution < -0.4 is 0 Å². The Bertz CT molecular complexity index is 1090. The zero-order valence-electron chi connectivity index (χ0n) is 17.1. The van der Waals surface area contributed by atoms with E-state index in [-0.39, 0.29) is 11.9 Å². The molecule has 0 saturated carbocycles. The fourth-order valence-electron chi connectivity index (χ4n) is 3.73.